The van der Waals surface area contributed by atoms with E-state index in [1.807, 2.05) is 0 Å². The lowest BCUT2D eigenvalue weighted by molar-refractivity contribution is 1.10. The first-order valence-corrected chi connectivity index (χ1v) is 16.0. The van der Waals surface area contributed by atoms with E-state index in [0.717, 1.165) is 61.4 Å². The van der Waals surface area contributed by atoms with Crippen molar-refractivity contribution in [2.45, 2.75) is 0 Å². The van der Waals surface area contributed by atoms with Crippen LogP contribution in [0.15, 0.2) is 170 Å². The van der Waals surface area contributed by atoms with Gasteiger partial charge in [-0.1, -0.05) is 121 Å². The van der Waals surface area contributed by atoms with Crippen molar-refractivity contribution in [2.24, 2.45) is 0 Å². The predicted octanol–water partition coefficient (Wildman–Crippen LogP) is 10.9. The first-order valence-electron chi connectivity index (χ1n) is 16.0. The predicted molar refractivity (Wildman–Crippen MR) is 195 cm³/mol. The molecular weight excluding hydrogens is 573 g/mol. The largest absolute Gasteiger partial charge is 0.308 e. The van der Waals surface area contributed by atoms with Crippen molar-refractivity contribution in [3.8, 4) is 28.5 Å². The van der Waals surface area contributed by atoms with Gasteiger partial charge in [-0.2, -0.15) is 0 Å². The second kappa shape index (κ2) is 10.1. The molecule has 0 atom stereocenters. The lowest BCUT2D eigenvalue weighted by atomic mass is 10.1. The standard InChI is InChI=1S/C43H28N4/c1-5-17-29(18-6-1)43-44-39-37-33-25-13-15-27-35(33)45(30-19-7-2-8-20-30)40(37)38-34-26-14-16-28-36(34)46(31-21-9-3-10-22-31)41(38)42(39)47(43)32-23-11-4-12-24-32/h1-28H. The van der Waals surface area contributed by atoms with Crippen LogP contribution in [0, 0.1) is 0 Å². The van der Waals surface area contributed by atoms with Gasteiger partial charge >= 0.3 is 0 Å². The van der Waals surface area contributed by atoms with E-state index in [-0.39, 0.29) is 0 Å². The van der Waals surface area contributed by atoms with Crippen LogP contribution in [0.2, 0.25) is 0 Å². The van der Waals surface area contributed by atoms with E-state index in [9.17, 15) is 0 Å². The quantitative estimate of drug-likeness (QED) is 0.197. The lowest BCUT2D eigenvalue weighted by Gasteiger charge is -2.14. The molecule has 4 heteroatoms. The van der Waals surface area contributed by atoms with E-state index in [0.29, 0.717) is 0 Å². The third-order valence-corrected chi connectivity index (χ3v) is 9.40. The zero-order valence-electron chi connectivity index (χ0n) is 25.5. The zero-order chi connectivity index (χ0) is 30.9. The van der Waals surface area contributed by atoms with Crippen molar-refractivity contribution in [1.82, 2.24) is 18.7 Å². The van der Waals surface area contributed by atoms with Crippen LogP contribution >= 0.6 is 0 Å². The maximum Gasteiger partial charge on any atom is 0.145 e. The molecule has 3 heterocycles. The van der Waals surface area contributed by atoms with Crippen molar-refractivity contribution < 1.29 is 0 Å². The van der Waals surface area contributed by atoms with Crippen LogP contribution < -0.4 is 0 Å². The Morgan fingerprint density at radius 3 is 1.32 bits per heavy atom. The van der Waals surface area contributed by atoms with E-state index in [4.69, 9.17) is 4.98 Å². The van der Waals surface area contributed by atoms with Crippen LogP contribution in [0.25, 0.3) is 83.1 Å². The number of imidazole rings is 1. The van der Waals surface area contributed by atoms with Gasteiger partial charge in [0, 0.05) is 44.2 Å². The fourth-order valence-corrected chi connectivity index (χ4v) is 7.53. The first-order chi connectivity index (χ1) is 23.4. The van der Waals surface area contributed by atoms with Gasteiger partial charge < -0.3 is 9.13 Å². The minimum Gasteiger partial charge on any atom is -0.308 e. The molecule has 0 radical (unpaired) electrons. The molecule has 10 aromatic rings. The van der Waals surface area contributed by atoms with E-state index < -0.39 is 0 Å². The summed E-state index contributed by atoms with van der Waals surface area (Å²) in [5, 5.41) is 4.77. The molecule has 0 saturated carbocycles. The van der Waals surface area contributed by atoms with Gasteiger partial charge in [0.2, 0.25) is 0 Å². The number of hydrogen-bond acceptors (Lipinski definition) is 1. The molecule has 0 amide bonds. The van der Waals surface area contributed by atoms with Crippen LogP contribution in [0.5, 0.6) is 0 Å². The van der Waals surface area contributed by atoms with Crippen LogP contribution in [0.1, 0.15) is 0 Å². The van der Waals surface area contributed by atoms with Gasteiger partial charge in [0.15, 0.2) is 0 Å². The summed E-state index contributed by atoms with van der Waals surface area (Å²) >= 11 is 0. The van der Waals surface area contributed by atoms with Crippen LogP contribution in [-0.4, -0.2) is 18.7 Å². The van der Waals surface area contributed by atoms with E-state index in [1.165, 1.54) is 21.7 Å². The average Bonchev–Trinajstić information content (AvgIpc) is 3.81. The molecule has 10 rings (SSSR count). The van der Waals surface area contributed by atoms with Crippen LogP contribution in [-0.2, 0) is 0 Å². The molecule has 0 unspecified atom stereocenters. The van der Waals surface area contributed by atoms with Crippen molar-refractivity contribution in [1.29, 1.82) is 0 Å². The summed E-state index contributed by atoms with van der Waals surface area (Å²) in [6.45, 7) is 0. The van der Waals surface area contributed by atoms with Gasteiger partial charge in [0.1, 0.15) is 11.3 Å². The Morgan fingerprint density at radius 1 is 0.340 bits per heavy atom. The van der Waals surface area contributed by atoms with E-state index >= 15 is 0 Å². The number of fused-ring (bicyclic) bond motifs is 10. The number of hydrogen-bond donors (Lipinski definition) is 0. The Balaban J connectivity index is 1.58. The van der Waals surface area contributed by atoms with Gasteiger partial charge in [-0.15, -0.1) is 0 Å². The Kier molecular flexibility index (Phi) is 5.54. The molecule has 4 nitrogen and oxygen atoms in total. The molecular formula is C43H28N4. The van der Waals surface area contributed by atoms with Gasteiger partial charge in [0.05, 0.1) is 27.6 Å². The summed E-state index contributed by atoms with van der Waals surface area (Å²) in [5.41, 5.74) is 11.1. The van der Waals surface area contributed by atoms with E-state index in [2.05, 4.69) is 184 Å². The second-order valence-electron chi connectivity index (χ2n) is 12.0. The average molecular weight is 601 g/mol. The second-order valence-corrected chi connectivity index (χ2v) is 12.0. The minimum atomic E-state index is 0.919. The molecule has 0 aliphatic carbocycles. The third-order valence-electron chi connectivity index (χ3n) is 9.40. The van der Waals surface area contributed by atoms with Gasteiger partial charge in [0.25, 0.3) is 0 Å². The zero-order valence-corrected chi connectivity index (χ0v) is 25.5. The number of rotatable bonds is 4. The number of benzene rings is 7. The van der Waals surface area contributed by atoms with Crippen LogP contribution in [0.4, 0.5) is 0 Å². The molecule has 0 spiro atoms. The van der Waals surface area contributed by atoms with Gasteiger partial charge in [-0.3, -0.25) is 4.57 Å². The Hall–Kier alpha value is -6.39. The SMILES string of the molecule is c1ccc(-c2nc3c4c5ccccc5n(-c5ccccc5)c4c4c5ccccc5n(-c5ccccc5)c4c3n2-c2ccccc2)cc1. The molecule has 220 valence electrons. The number of aromatic nitrogens is 4. The number of para-hydroxylation sites is 5. The first kappa shape index (κ1) is 25.9. The topological polar surface area (TPSA) is 27.7 Å². The monoisotopic (exact) mass is 600 g/mol. The van der Waals surface area contributed by atoms with E-state index in [1.54, 1.807) is 0 Å². The molecule has 0 aliphatic heterocycles. The molecule has 0 bridgehead atoms. The smallest absolute Gasteiger partial charge is 0.145 e. The van der Waals surface area contributed by atoms with Crippen molar-refractivity contribution >= 4 is 54.6 Å². The third kappa shape index (κ3) is 3.67. The Morgan fingerprint density at radius 2 is 0.766 bits per heavy atom. The normalized spacial score (nSPS) is 11.8. The maximum atomic E-state index is 5.64. The summed E-state index contributed by atoms with van der Waals surface area (Å²) in [4.78, 5) is 5.64. The lowest BCUT2D eigenvalue weighted by Crippen LogP contribution is -2.01. The summed E-state index contributed by atoms with van der Waals surface area (Å²) in [6, 6.07) is 60.3. The minimum absolute atomic E-state index is 0.919. The van der Waals surface area contributed by atoms with Crippen molar-refractivity contribution in [3.63, 3.8) is 0 Å². The summed E-state index contributed by atoms with van der Waals surface area (Å²) < 4.78 is 7.26. The highest BCUT2D eigenvalue weighted by Crippen LogP contribution is 2.48. The Labute approximate surface area is 271 Å². The highest BCUT2D eigenvalue weighted by molar-refractivity contribution is 6.36. The van der Waals surface area contributed by atoms with Gasteiger partial charge in [-0.25, -0.2) is 4.98 Å². The highest BCUT2D eigenvalue weighted by Gasteiger charge is 2.29. The van der Waals surface area contributed by atoms with Gasteiger partial charge in [-0.05, 0) is 48.5 Å². The summed E-state index contributed by atoms with van der Waals surface area (Å²) in [5.74, 6) is 0.919. The van der Waals surface area contributed by atoms with Crippen molar-refractivity contribution in [2.75, 3.05) is 0 Å². The summed E-state index contributed by atoms with van der Waals surface area (Å²) in [7, 11) is 0. The Bertz CT molecular complexity index is 2750. The molecule has 0 fully saturated rings. The number of nitrogens with zero attached hydrogens (tertiary/aromatic N) is 4. The maximum absolute atomic E-state index is 5.64. The molecule has 7 aromatic carbocycles. The van der Waals surface area contributed by atoms with Crippen molar-refractivity contribution in [3.05, 3.63) is 170 Å². The van der Waals surface area contributed by atoms with Crippen LogP contribution in [0.3, 0.4) is 0 Å². The summed E-state index contributed by atoms with van der Waals surface area (Å²) in [6.07, 6.45) is 0. The fraction of sp³-hybridized carbons (Fsp3) is 0. The molecule has 0 N–H and O–H groups in total. The fourth-order valence-electron chi connectivity index (χ4n) is 7.53. The molecule has 0 aliphatic rings. The highest BCUT2D eigenvalue weighted by atomic mass is 15.1. The molecule has 47 heavy (non-hydrogen) atoms. The molecule has 0 saturated heterocycles. The molecule has 3 aromatic heterocycles.